The van der Waals surface area contributed by atoms with Gasteiger partial charge in [-0.3, -0.25) is 4.79 Å². The van der Waals surface area contributed by atoms with Crippen molar-refractivity contribution in [3.05, 3.63) is 0 Å². The van der Waals surface area contributed by atoms with Crippen molar-refractivity contribution in [2.45, 2.75) is 37.8 Å². The van der Waals surface area contributed by atoms with Crippen molar-refractivity contribution < 1.29 is 18.0 Å². The maximum atomic E-state index is 12.9. The van der Waals surface area contributed by atoms with Gasteiger partial charge in [-0.1, -0.05) is 0 Å². The van der Waals surface area contributed by atoms with Gasteiger partial charge in [0.15, 0.2) is 0 Å². The molecule has 2 fully saturated rings. The van der Waals surface area contributed by atoms with Gasteiger partial charge in [0.1, 0.15) is 6.17 Å². The molecule has 0 aromatic heterocycles. The van der Waals surface area contributed by atoms with Gasteiger partial charge in [0, 0.05) is 25.3 Å². The molecule has 0 N–H and O–H groups in total. The molecule has 2 nitrogen and oxygen atoms in total. The molecule has 1 saturated carbocycles. The van der Waals surface area contributed by atoms with E-state index in [4.69, 9.17) is 0 Å². The van der Waals surface area contributed by atoms with Gasteiger partial charge >= 0.3 is 0 Å². The lowest BCUT2D eigenvalue weighted by Gasteiger charge is -2.19. The highest BCUT2D eigenvalue weighted by Gasteiger charge is 2.44. The quantitative estimate of drug-likeness (QED) is 0.663. The molecule has 2 atom stereocenters. The second-order valence-corrected chi connectivity index (χ2v) is 4.47. The average molecular weight is 221 g/mol. The molecule has 1 saturated heterocycles. The van der Waals surface area contributed by atoms with Gasteiger partial charge in [-0.25, -0.2) is 13.2 Å². The summed E-state index contributed by atoms with van der Waals surface area (Å²) in [5.74, 6) is -3.58. The van der Waals surface area contributed by atoms with Crippen LogP contribution in [-0.4, -0.2) is 36.0 Å². The number of rotatable bonds is 1. The van der Waals surface area contributed by atoms with Crippen LogP contribution in [0, 0.1) is 5.92 Å². The number of hydrogen-bond acceptors (Lipinski definition) is 1. The number of carbonyl (C=O) groups is 1. The molecule has 0 aromatic rings. The highest BCUT2D eigenvalue weighted by atomic mass is 19.3. The van der Waals surface area contributed by atoms with E-state index in [1.54, 1.807) is 0 Å². The fourth-order valence-corrected chi connectivity index (χ4v) is 2.34. The Hall–Kier alpha value is -0.740. The Morgan fingerprint density at radius 2 is 2.07 bits per heavy atom. The Kier molecular flexibility index (Phi) is 2.64. The average Bonchev–Trinajstić information content (AvgIpc) is 2.71. The van der Waals surface area contributed by atoms with Crippen LogP contribution >= 0.6 is 0 Å². The van der Waals surface area contributed by atoms with Crippen molar-refractivity contribution in [1.29, 1.82) is 0 Å². The molecule has 0 radical (unpaired) electrons. The van der Waals surface area contributed by atoms with Crippen LogP contribution in [0.2, 0.25) is 0 Å². The highest BCUT2D eigenvalue weighted by Crippen LogP contribution is 2.39. The minimum atomic E-state index is -2.70. The van der Waals surface area contributed by atoms with E-state index in [1.165, 1.54) is 4.90 Å². The third kappa shape index (κ3) is 2.26. The number of halogens is 3. The normalized spacial score (nSPS) is 34.7. The molecule has 1 aliphatic heterocycles. The summed E-state index contributed by atoms with van der Waals surface area (Å²) in [6, 6.07) is 0. The Morgan fingerprint density at radius 3 is 2.53 bits per heavy atom. The van der Waals surface area contributed by atoms with E-state index < -0.39 is 18.0 Å². The predicted molar refractivity (Wildman–Crippen MR) is 48.4 cm³/mol. The van der Waals surface area contributed by atoms with Crippen molar-refractivity contribution in [3.63, 3.8) is 0 Å². The van der Waals surface area contributed by atoms with Crippen LogP contribution < -0.4 is 0 Å². The number of amides is 1. The van der Waals surface area contributed by atoms with Crippen molar-refractivity contribution >= 4 is 5.91 Å². The van der Waals surface area contributed by atoms with Crippen LogP contribution in [0.1, 0.15) is 25.7 Å². The number of nitrogens with zero attached hydrogens (tertiary/aromatic N) is 1. The molecule has 2 unspecified atom stereocenters. The number of likely N-dealkylation sites (tertiary alicyclic amines) is 1. The van der Waals surface area contributed by atoms with Crippen LogP contribution in [0.15, 0.2) is 0 Å². The number of alkyl halides is 3. The van der Waals surface area contributed by atoms with Gasteiger partial charge < -0.3 is 4.90 Å². The first kappa shape index (κ1) is 10.8. The first-order chi connectivity index (χ1) is 6.98. The Balaban J connectivity index is 1.92. The summed E-state index contributed by atoms with van der Waals surface area (Å²) in [4.78, 5) is 13.1. The van der Waals surface area contributed by atoms with E-state index in [2.05, 4.69) is 0 Å². The lowest BCUT2D eigenvalue weighted by molar-refractivity contribution is -0.135. The largest absolute Gasteiger partial charge is 0.339 e. The Morgan fingerprint density at radius 1 is 1.33 bits per heavy atom. The lowest BCUT2D eigenvalue weighted by atomic mass is 10.1. The van der Waals surface area contributed by atoms with Gasteiger partial charge in [0.05, 0.1) is 6.54 Å². The van der Waals surface area contributed by atoms with Crippen LogP contribution in [0.3, 0.4) is 0 Å². The molecule has 1 amide bonds. The summed E-state index contributed by atoms with van der Waals surface area (Å²) in [6.45, 7) is 0.461. The topological polar surface area (TPSA) is 20.3 Å². The summed E-state index contributed by atoms with van der Waals surface area (Å²) < 4.78 is 38.6. The van der Waals surface area contributed by atoms with Crippen molar-refractivity contribution in [3.8, 4) is 0 Å². The van der Waals surface area contributed by atoms with E-state index in [9.17, 15) is 18.0 Å². The van der Waals surface area contributed by atoms with Gasteiger partial charge in [-0.2, -0.15) is 0 Å². The zero-order valence-corrected chi connectivity index (χ0v) is 8.39. The first-order valence-corrected chi connectivity index (χ1v) is 5.29. The van der Waals surface area contributed by atoms with Crippen LogP contribution in [0.5, 0.6) is 0 Å². The van der Waals surface area contributed by atoms with Gasteiger partial charge in [0.2, 0.25) is 11.8 Å². The molecule has 2 aliphatic rings. The minimum absolute atomic E-state index is 0.0842. The van der Waals surface area contributed by atoms with Crippen molar-refractivity contribution in [2.24, 2.45) is 5.92 Å². The molecular weight excluding hydrogens is 207 g/mol. The molecule has 1 heterocycles. The van der Waals surface area contributed by atoms with Crippen LogP contribution in [0.4, 0.5) is 13.2 Å². The molecule has 0 aromatic carbocycles. The highest BCUT2D eigenvalue weighted by molar-refractivity contribution is 5.79. The Labute approximate surface area is 86.4 Å². The third-order valence-electron chi connectivity index (χ3n) is 3.20. The molecule has 2 rings (SSSR count). The van der Waals surface area contributed by atoms with Gasteiger partial charge in [-0.05, 0) is 12.8 Å². The second-order valence-electron chi connectivity index (χ2n) is 4.47. The van der Waals surface area contributed by atoms with E-state index in [-0.39, 0.29) is 31.7 Å². The summed E-state index contributed by atoms with van der Waals surface area (Å²) in [5, 5.41) is 0. The van der Waals surface area contributed by atoms with Crippen molar-refractivity contribution in [1.82, 2.24) is 4.90 Å². The van der Waals surface area contributed by atoms with Gasteiger partial charge in [0.25, 0.3) is 0 Å². The third-order valence-corrected chi connectivity index (χ3v) is 3.20. The fourth-order valence-electron chi connectivity index (χ4n) is 2.34. The second kappa shape index (κ2) is 3.68. The lowest BCUT2D eigenvalue weighted by Crippen LogP contribution is -2.34. The molecule has 15 heavy (non-hydrogen) atoms. The predicted octanol–water partition coefficient (Wildman–Crippen LogP) is 1.99. The van der Waals surface area contributed by atoms with Crippen LogP contribution in [-0.2, 0) is 4.79 Å². The van der Waals surface area contributed by atoms with E-state index in [1.807, 2.05) is 0 Å². The molecule has 0 bridgehead atoms. The summed E-state index contributed by atoms with van der Waals surface area (Å²) in [6.07, 6.45) is -0.972. The molecular formula is C10H14F3NO. The van der Waals surface area contributed by atoms with E-state index >= 15 is 0 Å². The monoisotopic (exact) mass is 221 g/mol. The van der Waals surface area contributed by atoms with Crippen LogP contribution in [0.25, 0.3) is 0 Å². The maximum Gasteiger partial charge on any atom is 0.248 e. The smallest absolute Gasteiger partial charge is 0.248 e. The van der Waals surface area contributed by atoms with Gasteiger partial charge in [-0.15, -0.1) is 0 Å². The molecule has 86 valence electrons. The molecule has 5 heteroatoms. The maximum absolute atomic E-state index is 12.9. The molecule has 0 spiro atoms. The molecule has 1 aliphatic carbocycles. The summed E-state index contributed by atoms with van der Waals surface area (Å²) in [5.41, 5.74) is 0. The zero-order valence-electron chi connectivity index (χ0n) is 8.39. The summed E-state index contributed by atoms with van der Waals surface area (Å²) >= 11 is 0. The van der Waals surface area contributed by atoms with Crippen molar-refractivity contribution in [2.75, 3.05) is 13.1 Å². The fraction of sp³-hybridized carbons (Fsp3) is 0.900. The zero-order chi connectivity index (χ0) is 11.1. The van der Waals surface area contributed by atoms with E-state index in [0.29, 0.717) is 13.0 Å². The first-order valence-electron chi connectivity index (χ1n) is 5.29. The number of hydrogen-bond donors (Lipinski definition) is 0. The number of carbonyl (C=O) groups excluding carboxylic acids is 1. The summed E-state index contributed by atoms with van der Waals surface area (Å²) in [7, 11) is 0. The Bertz CT molecular complexity index is 269. The minimum Gasteiger partial charge on any atom is -0.339 e. The standard InChI is InChI=1S/C10H14F3NO/c11-8-2-4-14(6-8)9(15)7-1-3-10(12,13)5-7/h7-8H,1-6H2. The SMILES string of the molecule is O=C(C1CCC(F)(F)C1)N1CCC(F)C1. The van der Waals surface area contributed by atoms with E-state index in [0.717, 1.165) is 0 Å².